The number of carbonyl (C=O) groups is 1. The maximum absolute atomic E-state index is 9.69. The number of nitrogens with two attached hydrogens (primary N) is 1. The second kappa shape index (κ2) is 2.67. The molecule has 6 N–H and O–H groups in total. The topological polar surface area (TPSA) is 115 Å². The second-order valence-electron chi connectivity index (χ2n) is 0.993. The zero-order chi connectivity index (χ0) is 6.57. The fourth-order valence-electron chi connectivity index (χ4n) is 0.124. The summed E-state index contributed by atoms with van der Waals surface area (Å²) < 4.78 is 0. The lowest BCUT2D eigenvalue weighted by Gasteiger charge is -1.99. The fourth-order valence-corrected chi connectivity index (χ4v) is 0.124. The number of amides is 2. The van der Waals surface area contributed by atoms with Crippen molar-refractivity contribution in [2.24, 2.45) is 5.73 Å². The van der Waals surface area contributed by atoms with Crippen molar-refractivity contribution >= 4 is 12.0 Å². The van der Waals surface area contributed by atoms with Crippen molar-refractivity contribution in [2.75, 3.05) is 0 Å². The molecule has 6 heteroatoms. The van der Waals surface area contributed by atoms with E-state index in [9.17, 15) is 4.79 Å². The first kappa shape index (κ1) is 6.54. The molecular formula is C2H6N5O. The van der Waals surface area contributed by atoms with Gasteiger partial charge in [-0.15, -0.1) is 0 Å². The third-order valence-electron chi connectivity index (χ3n) is 0.311. The largest absolute Gasteiger partial charge is 0.369 e. The highest BCUT2D eigenvalue weighted by atomic mass is 16.2. The molecule has 2 amide bonds. The SMILES string of the molecule is [NH]C(=O)NNC(=N)N. The van der Waals surface area contributed by atoms with Gasteiger partial charge in [0.2, 0.25) is 5.96 Å². The smallest absolute Gasteiger partial charge is 0.352 e. The number of hydrogen-bond acceptors (Lipinski definition) is 2. The van der Waals surface area contributed by atoms with E-state index in [0.717, 1.165) is 0 Å². The van der Waals surface area contributed by atoms with Gasteiger partial charge in [0.25, 0.3) is 0 Å². The Balaban J connectivity index is 3.18. The van der Waals surface area contributed by atoms with Crippen LogP contribution in [0.4, 0.5) is 4.79 Å². The summed E-state index contributed by atoms with van der Waals surface area (Å²) >= 11 is 0. The average molecular weight is 116 g/mol. The van der Waals surface area contributed by atoms with E-state index in [1.165, 1.54) is 0 Å². The highest BCUT2D eigenvalue weighted by molar-refractivity contribution is 5.78. The summed E-state index contributed by atoms with van der Waals surface area (Å²) in [6, 6.07) is -1.03. The molecule has 0 atom stereocenters. The van der Waals surface area contributed by atoms with Crippen LogP contribution in [0.5, 0.6) is 0 Å². The number of guanidine groups is 1. The van der Waals surface area contributed by atoms with E-state index in [2.05, 4.69) is 0 Å². The van der Waals surface area contributed by atoms with Gasteiger partial charge in [0.1, 0.15) is 0 Å². The molecule has 45 valence electrons. The molecule has 0 aliphatic carbocycles. The molecule has 0 aromatic rings. The van der Waals surface area contributed by atoms with Gasteiger partial charge in [0.15, 0.2) is 0 Å². The number of hydrazine groups is 1. The molecule has 0 unspecified atom stereocenters. The van der Waals surface area contributed by atoms with E-state index in [4.69, 9.17) is 16.9 Å². The molecule has 0 heterocycles. The summed E-state index contributed by atoms with van der Waals surface area (Å²) in [6.45, 7) is 0. The minimum absolute atomic E-state index is 0.398. The van der Waals surface area contributed by atoms with E-state index >= 15 is 0 Å². The van der Waals surface area contributed by atoms with Crippen LogP contribution in [0.25, 0.3) is 0 Å². The first-order valence-corrected chi connectivity index (χ1v) is 1.74. The average Bonchev–Trinajstić information content (AvgIpc) is 1.61. The fraction of sp³-hybridized carbons (Fsp3) is 0. The normalized spacial score (nSPS) is 7.50. The third-order valence-corrected chi connectivity index (χ3v) is 0.311. The first-order chi connectivity index (χ1) is 3.63. The quantitative estimate of drug-likeness (QED) is 0.173. The summed E-state index contributed by atoms with van der Waals surface area (Å²) in [6.07, 6.45) is 0. The molecule has 0 saturated heterocycles. The van der Waals surface area contributed by atoms with E-state index in [0.29, 0.717) is 0 Å². The first-order valence-electron chi connectivity index (χ1n) is 1.74. The van der Waals surface area contributed by atoms with Crippen molar-refractivity contribution in [3.63, 3.8) is 0 Å². The molecule has 0 saturated carbocycles. The zero-order valence-corrected chi connectivity index (χ0v) is 3.99. The lowest BCUT2D eigenvalue weighted by molar-refractivity contribution is 0.246. The Hall–Kier alpha value is -1.46. The van der Waals surface area contributed by atoms with Crippen LogP contribution in [0.3, 0.4) is 0 Å². The number of hydrogen-bond donors (Lipinski definition) is 4. The molecule has 0 aromatic heterocycles. The molecule has 0 aliphatic rings. The van der Waals surface area contributed by atoms with Gasteiger partial charge in [-0.3, -0.25) is 10.8 Å². The molecule has 6 nitrogen and oxygen atoms in total. The van der Waals surface area contributed by atoms with Gasteiger partial charge in [0.05, 0.1) is 0 Å². The van der Waals surface area contributed by atoms with Gasteiger partial charge in [0, 0.05) is 0 Å². The van der Waals surface area contributed by atoms with Gasteiger partial charge < -0.3 is 5.73 Å². The van der Waals surface area contributed by atoms with Crippen LogP contribution in [0.2, 0.25) is 0 Å². The van der Waals surface area contributed by atoms with Crippen LogP contribution in [0.1, 0.15) is 0 Å². The Bertz CT molecular complexity index is 95.0. The molecule has 8 heavy (non-hydrogen) atoms. The summed E-state index contributed by atoms with van der Waals surface area (Å²) in [5.74, 6) is -0.398. The molecule has 0 rings (SSSR count). The maximum atomic E-state index is 9.69. The van der Waals surface area contributed by atoms with Crippen LogP contribution in [0.15, 0.2) is 0 Å². The number of urea groups is 1. The van der Waals surface area contributed by atoms with Crippen molar-refractivity contribution in [1.29, 1.82) is 5.41 Å². The molecule has 0 spiro atoms. The number of rotatable bonds is 0. The zero-order valence-electron chi connectivity index (χ0n) is 3.99. The van der Waals surface area contributed by atoms with Gasteiger partial charge in [-0.05, 0) is 0 Å². The molecule has 0 fully saturated rings. The van der Waals surface area contributed by atoms with E-state index in [1.807, 2.05) is 5.43 Å². The van der Waals surface area contributed by atoms with Crippen LogP contribution in [-0.4, -0.2) is 12.0 Å². The summed E-state index contributed by atoms with van der Waals surface area (Å²) in [7, 11) is 0. The minimum Gasteiger partial charge on any atom is -0.369 e. The van der Waals surface area contributed by atoms with Gasteiger partial charge >= 0.3 is 6.03 Å². The monoisotopic (exact) mass is 116 g/mol. The summed E-state index contributed by atoms with van der Waals surface area (Å²) in [5, 5.41) is 6.46. The van der Waals surface area contributed by atoms with Gasteiger partial charge in [-0.25, -0.2) is 16.0 Å². The van der Waals surface area contributed by atoms with Crippen LogP contribution >= 0.6 is 0 Å². The van der Waals surface area contributed by atoms with Gasteiger partial charge in [-0.2, -0.15) is 0 Å². The molecular weight excluding hydrogens is 110 g/mol. The Kier molecular flexibility index (Phi) is 2.18. The lowest BCUT2D eigenvalue weighted by Crippen LogP contribution is -2.44. The highest BCUT2D eigenvalue weighted by Gasteiger charge is 1.88. The minimum atomic E-state index is -1.03. The predicted molar refractivity (Wildman–Crippen MR) is 26.7 cm³/mol. The molecule has 0 bridgehead atoms. The number of nitrogens with one attached hydrogen (secondary N) is 4. The summed E-state index contributed by atoms with van der Waals surface area (Å²) in [4.78, 5) is 9.69. The summed E-state index contributed by atoms with van der Waals surface area (Å²) in [5.41, 5.74) is 14.6. The second-order valence-corrected chi connectivity index (χ2v) is 0.993. The van der Waals surface area contributed by atoms with Gasteiger partial charge in [-0.1, -0.05) is 0 Å². The van der Waals surface area contributed by atoms with E-state index < -0.39 is 12.0 Å². The standard InChI is InChI=1S/C2H6N5O/c3-1(4)6-7-2(5)8/h5H,(H,7,8)(H4,3,4,6). The predicted octanol–water partition coefficient (Wildman–Crippen LogP) is -1.62. The molecule has 1 radical (unpaired) electrons. The Morgan fingerprint density at radius 2 is 2.00 bits per heavy atom. The Morgan fingerprint density at radius 3 is 2.12 bits per heavy atom. The maximum Gasteiger partial charge on any atom is 0.352 e. The van der Waals surface area contributed by atoms with Crippen molar-refractivity contribution in [3.05, 3.63) is 0 Å². The lowest BCUT2D eigenvalue weighted by atomic mass is 11.0. The van der Waals surface area contributed by atoms with Crippen molar-refractivity contribution in [2.45, 2.75) is 0 Å². The van der Waals surface area contributed by atoms with E-state index in [1.54, 1.807) is 5.43 Å². The third kappa shape index (κ3) is 4.54. The van der Waals surface area contributed by atoms with E-state index in [-0.39, 0.29) is 0 Å². The van der Waals surface area contributed by atoms with Crippen molar-refractivity contribution in [1.82, 2.24) is 16.6 Å². The Labute approximate surface area is 45.7 Å². The van der Waals surface area contributed by atoms with Crippen LogP contribution < -0.4 is 22.3 Å². The van der Waals surface area contributed by atoms with Crippen LogP contribution in [-0.2, 0) is 0 Å². The molecule has 0 aromatic carbocycles. The Morgan fingerprint density at radius 1 is 1.50 bits per heavy atom. The molecule has 0 aliphatic heterocycles. The van der Waals surface area contributed by atoms with Crippen molar-refractivity contribution in [3.8, 4) is 0 Å². The van der Waals surface area contributed by atoms with Crippen molar-refractivity contribution < 1.29 is 4.79 Å². The number of carbonyl (C=O) groups excluding carboxylic acids is 1. The van der Waals surface area contributed by atoms with Crippen LogP contribution in [0, 0.1) is 5.41 Å². The highest BCUT2D eigenvalue weighted by Crippen LogP contribution is 1.48.